The molecule has 4 heterocycles. The largest absolute Gasteiger partial charge is 0.360 e. The maximum Gasteiger partial charge on any atom is 0.249 e. The molecular weight excluding hydrogens is 428 g/mol. The normalized spacial score (nSPS) is 17.5. The van der Waals surface area contributed by atoms with Crippen LogP contribution < -0.4 is 5.32 Å². The molecule has 1 atom stereocenters. The number of thiazole rings is 1. The molecule has 1 aliphatic rings. The van der Waals surface area contributed by atoms with Gasteiger partial charge in [-0.05, 0) is 33.6 Å². The second kappa shape index (κ2) is 7.60. The topological polar surface area (TPSA) is 123 Å². The summed E-state index contributed by atoms with van der Waals surface area (Å²) >= 11 is 1.31. The number of carbonyl (C=O) groups is 1. The van der Waals surface area contributed by atoms with E-state index in [1.54, 1.807) is 20.0 Å². The van der Waals surface area contributed by atoms with Crippen LogP contribution in [0.2, 0.25) is 0 Å². The van der Waals surface area contributed by atoms with Gasteiger partial charge in [-0.15, -0.1) is 0 Å². The molecular formula is C18H22N6O4S2. The summed E-state index contributed by atoms with van der Waals surface area (Å²) in [7, 11) is -2.02. The van der Waals surface area contributed by atoms with Crippen molar-refractivity contribution in [2.24, 2.45) is 7.05 Å². The Hall–Kier alpha value is -2.57. The van der Waals surface area contributed by atoms with E-state index in [0.717, 1.165) is 16.4 Å². The number of rotatable bonds is 5. The van der Waals surface area contributed by atoms with Crippen LogP contribution in [-0.4, -0.2) is 50.9 Å². The molecule has 3 aromatic rings. The van der Waals surface area contributed by atoms with Crippen LogP contribution in [0.25, 0.3) is 10.7 Å². The SMILES string of the molecule is Cc1nc(NC(=O)[C@H]2CCCN2S(=O)(=O)c2c(C)noc2C)sc1-c1nccn1C. The van der Waals surface area contributed by atoms with Crippen LogP contribution in [0.3, 0.4) is 0 Å². The molecule has 12 heteroatoms. The summed E-state index contributed by atoms with van der Waals surface area (Å²) < 4.78 is 34.5. The van der Waals surface area contributed by atoms with Gasteiger partial charge < -0.3 is 14.4 Å². The summed E-state index contributed by atoms with van der Waals surface area (Å²) in [5, 5.41) is 6.94. The zero-order valence-corrected chi connectivity index (χ0v) is 18.7. The molecule has 1 fully saturated rings. The van der Waals surface area contributed by atoms with E-state index in [9.17, 15) is 13.2 Å². The summed E-state index contributed by atoms with van der Waals surface area (Å²) in [5.41, 5.74) is 1.03. The zero-order chi connectivity index (χ0) is 21.6. The number of hydrogen-bond donors (Lipinski definition) is 1. The molecule has 10 nitrogen and oxygen atoms in total. The summed E-state index contributed by atoms with van der Waals surface area (Å²) in [6.07, 6.45) is 4.56. The van der Waals surface area contributed by atoms with Gasteiger partial charge in [0, 0.05) is 26.0 Å². The van der Waals surface area contributed by atoms with Crippen molar-refractivity contribution in [1.82, 2.24) is 24.0 Å². The molecule has 0 bridgehead atoms. The molecule has 0 spiro atoms. The van der Waals surface area contributed by atoms with Crippen LogP contribution >= 0.6 is 11.3 Å². The maximum absolute atomic E-state index is 13.2. The number of amides is 1. The lowest BCUT2D eigenvalue weighted by atomic mass is 10.2. The lowest BCUT2D eigenvalue weighted by molar-refractivity contribution is -0.119. The molecule has 0 aliphatic carbocycles. The van der Waals surface area contributed by atoms with Crippen LogP contribution in [-0.2, 0) is 21.9 Å². The van der Waals surface area contributed by atoms with E-state index >= 15 is 0 Å². The molecule has 0 radical (unpaired) electrons. The molecule has 0 aromatic carbocycles. The van der Waals surface area contributed by atoms with Gasteiger partial charge in [-0.2, -0.15) is 4.31 Å². The molecule has 4 rings (SSSR count). The smallest absolute Gasteiger partial charge is 0.249 e. The number of aryl methyl sites for hydroxylation is 4. The Labute approximate surface area is 178 Å². The van der Waals surface area contributed by atoms with Gasteiger partial charge in [0.05, 0.1) is 10.6 Å². The minimum Gasteiger partial charge on any atom is -0.360 e. The average molecular weight is 451 g/mol. The quantitative estimate of drug-likeness (QED) is 0.632. The van der Waals surface area contributed by atoms with Gasteiger partial charge in [-0.1, -0.05) is 16.5 Å². The molecule has 3 aromatic heterocycles. The fraction of sp³-hybridized carbons (Fsp3) is 0.444. The molecule has 1 N–H and O–H groups in total. The predicted octanol–water partition coefficient (Wildman–Crippen LogP) is 2.25. The molecule has 30 heavy (non-hydrogen) atoms. The third kappa shape index (κ3) is 3.44. The average Bonchev–Trinajstić information content (AvgIpc) is 3.43. The van der Waals surface area contributed by atoms with E-state index in [0.29, 0.717) is 18.0 Å². The van der Waals surface area contributed by atoms with Crippen LogP contribution in [0, 0.1) is 20.8 Å². The van der Waals surface area contributed by atoms with Crippen molar-refractivity contribution in [3.05, 3.63) is 29.5 Å². The zero-order valence-electron chi connectivity index (χ0n) is 17.0. The molecule has 0 saturated carbocycles. The second-order valence-corrected chi connectivity index (χ2v) is 10.0. The lowest BCUT2D eigenvalue weighted by Gasteiger charge is -2.22. The van der Waals surface area contributed by atoms with Crippen molar-refractivity contribution in [2.45, 2.75) is 44.6 Å². The minimum atomic E-state index is -3.90. The Kier molecular flexibility index (Phi) is 5.24. The molecule has 0 unspecified atom stereocenters. The Bertz CT molecular complexity index is 1190. The molecule has 1 aliphatic heterocycles. The van der Waals surface area contributed by atoms with Crippen molar-refractivity contribution >= 4 is 32.4 Å². The van der Waals surface area contributed by atoms with Crippen LogP contribution in [0.1, 0.15) is 30.0 Å². The van der Waals surface area contributed by atoms with Gasteiger partial charge in [0.2, 0.25) is 15.9 Å². The molecule has 160 valence electrons. The second-order valence-electron chi connectivity index (χ2n) is 7.21. The number of nitrogens with one attached hydrogen (secondary N) is 1. The number of anilines is 1. The van der Waals surface area contributed by atoms with E-state index in [4.69, 9.17) is 4.52 Å². The monoisotopic (exact) mass is 450 g/mol. The number of carbonyl (C=O) groups excluding carboxylic acids is 1. The summed E-state index contributed by atoms with van der Waals surface area (Å²) in [6, 6.07) is -0.815. The minimum absolute atomic E-state index is 0.0318. The highest BCUT2D eigenvalue weighted by Gasteiger charge is 2.42. The number of nitrogens with zero attached hydrogens (tertiary/aromatic N) is 5. The highest BCUT2D eigenvalue weighted by atomic mass is 32.2. The Morgan fingerprint density at radius 2 is 2.07 bits per heavy atom. The van der Waals surface area contributed by atoms with Crippen LogP contribution in [0.4, 0.5) is 5.13 Å². The lowest BCUT2D eigenvalue weighted by Crippen LogP contribution is -2.43. The summed E-state index contributed by atoms with van der Waals surface area (Å²) in [5.74, 6) is 0.575. The van der Waals surface area contributed by atoms with Gasteiger partial charge in [0.1, 0.15) is 16.6 Å². The van der Waals surface area contributed by atoms with Gasteiger partial charge >= 0.3 is 0 Å². The standard InChI is InChI=1S/C18H22N6O4S2/c1-10-14(16-19-7-9-23(16)4)29-18(20-10)21-17(25)13-6-5-8-24(13)30(26,27)15-11(2)22-28-12(15)3/h7,9,13H,5-6,8H2,1-4H3,(H,20,21,25)/t13-/m1/s1. The fourth-order valence-corrected chi connectivity index (χ4v) is 6.64. The first kappa shape index (κ1) is 20.7. The van der Waals surface area contributed by atoms with Gasteiger partial charge in [0.15, 0.2) is 16.7 Å². The first-order valence-corrected chi connectivity index (χ1v) is 11.7. The number of hydrogen-bond acceptors (Lipinski definition) is 8. The van der Waals surface area contributed by atoms with E-state index in [2.05, 4.69) is 20.4 Å². The van der Waals surface area contributed by atoms with E-state index in [1.165, 1.54) is 15.6 Å². The Morgan fingerprint density at radius 1 is 1.30 bits per heavy atom. The Morgan fingerprint density at radius 3 is 2.70 bits per heavy atom. The fourth-order valence-electron chi connectivity index (χ4n) is 3.68. The molecule has 1 saturated heterocycles. The van der Waals surface area contributed by atoms with Crippen molar-refractivity contribution in [3.63, 3.8) is 0 Å². The first-order valence-electron chi connectivity index (χ1n) is 9.41. The van der Waals surface area contributed by atoms with Gasteiger partial charge in [-0.3, -0.25) is 4.79 Å². The third-order valence-corrected chi connectivity index (χ3v) is 8.31. The first-order chi connectivity index (χ1) is 14.2. The number of sulfonamides is 1. The summed E-state index contributed by atoms with van der Waals surface area (Å²) in [4.78, 5) is 22.6. The Balaban J connectivity index is 1.57. The highest BCUT2D eigenvalue weighted by molar-refractivity contribution is 7.89. The molecule has 1 amide bonds. The van der Waals surface area contributed by atoms with Crippen molar-refractivity contribution in [1.29, 1.82) is 0 Å². The number of aromatic nitrogens is 4. The van der Waals surface area contributed by atoms with Crippen molar-refractivity contribution in [2.75, 3.05) is 11.9 Å². The van der Waals surface area contributed by atoms with E-state index in [1.807, 2.05) is 24.7 Å². The van der Waals surface area contributed by atoms with Crippen LogP contribution in [0.5, 0.6) is 0 Å². The van der Waals surface area contributed by atoms with Gasteiger partial charge in [0.25, 0.3) is 0 Å². The van der Waals surface area contributed by atoms with Crippen LogP contribution in [0.15, 0.2) is 21.8 Å². The third-order valence-electron chi connectivity index (χ3n) is 5.09. The van der Waals surface area contributed by atoms with Crippen molar-refractivity contribution < 1.29 is 17.7 Å². The summed E-state index contributed by atoms with van der Waals surface area (Å²) in [6.45, 7) is 5.24. The van der Waals surface area contributed by atoms with E-state index in [-0.39, 0.29) is 22.9 Å². The predicted molar refractivity (Wildman–Crippen MR) is 111 cm³/mol. The van der Waals surface area contributed by atoms with E-state index < -0.39 is 22.0 Å². The highest BCUT2D eigenvalue weighted by Crippen LogP contribution is 2.33. The van der Waals surface area contributed by atoms with Gasteiger partial charge in [-0.25, -0.2) is 18.4 Å². The maximum atomic E-state index is 13.2. The number of imidazole rings is 1. The van der Waals surface area contributed by atoms with Crippen molar-refractivity contribution in [3.8, 4) is 10.7 Å².